The predicted molar refractivity (Wildman–Crippen MR) is 161 cm³/mol. The van der Waals surface area contributed by atoms with E-state index in [1.807, 2.05) is 0 Å². The van der Waals surface area contributed by atoms with E-state index >= 15 is 0 Å². The van der Waals surface area contributed by atoms with Crippen LogP contribution in [0.25, 0.3) is 0 Å². The monoisotopic (exact) mass is 552 g/mol. The summed E-state index contributed by atoms with van der Waals surface area (Å²) in [5, 5.41) is 11.8. The summed E-state index contributed by atoms with van der Waals surface area (Å²) in [5.41, 5.74) is 5.44. The Morgan fingerprint density at radius 2 is 1.26 bits per heavy atom. The number of aliphatic carboxylic acids is 1. The number of carbonyl (C=O) groups excluding carboxylic acids is 2. The maximum absolute atomic E-state index is 12.4. The number of carbonyl (C=O) groups is 3. The fourth-order valence-electron chi connectivity index (χ4n) is 4.62. The van der Waals surface area contributed by atoms with E-state index in [2.05, 4.69) is 31.3 Å². The second kappa shape index (κ2) is 27.7. The van der Waals surface area contributed by atoms with Crippen LogP contribution < -0.4 is 11.1 Å². The van der Waals surface area contributed by atoms with Gasteiger partial charge in [-0.3, -0.25) is 9.59 Å². The minimum absolute atomic E-state index is 0.0466. The highest BCUT2D eigenvalue weighted by Crippen LogP contribution is 2.17. The molecule has 0 aromatic carbocycles. The molecule has 39 heavy (non-hydrogen) atoms. The smallest absolute Gasteiger partial charge is 0.326 e. The SMILES string of the molecule is CCCCC/C=C\CCCCCCCC(=O)OC(CCCCC)CCCCCC(=O)NC(CCCN)C(=O)O. The number of hydrogen-bond acceptors (Lipinski definition) is 5. The molecule has 0 fully saturated rings. The normalized spacial score (nSPS) is 12.9. The molecule has 1 amide bonds. The Hall–Kier alpha value is -1.89. The second-order valence-corrected chi connectivity index (χ2v) is 10.9. The highest BCUT2D eigenvalue weighted by Gasteiger charge is 2.19. The fraction of sp³-hybridized carbons (Fsp3) is 0.844. The minimum atomic E-state index is -1.02. The lowest BCUT2D eigenvalue weighted by atomic mass is 10.0. The number of unbranched alkanes of at least 4 members (excludes halogenated alkanes) is 12. The van der Waals surface area contributed by atoms with Crippen LogP contribution in [0.15, 0.2) is 12.2 Å². The Bertz CT molecular complexity index is 638. The van der Waals surface area contributed by atoms with Gasteiger partial charge >= 0.3 is 11.9 Å². The first kappa shape index (κ1) is 37.1. The molecule has 0 saturated carbocycles. The Balaban J connectivity index is 4.09. The van der Waals surface area contributed by atoms with Gasteiger partial charge in [-0.05, 0) is 83.6 Å². The number of rotatable bonds is 28. The number of esters is 1. The molecule has 0 spiro atoms. The fourth-order valence-corrected chi connectivity index (χ4v) is 4.62. The van der Waals surface area contributed by atoms with E-state index in [1.54, 1.807) is 0 Å². The zero-order valence-electron chi connectivity index (χ0n) is 25.2. The zero-order chi connectivity index (χ0) is 29.0. The van der Waals surface area contributed by atoms with Crippen LogP contribution in [0.2, 0.25) is 0 Å². The molecule has 0 rings (SSSR count). The quantitative estimate of drug-likeness (QED) is 0.0522. The number of allylic oxidation sites excluding steroid dienone is 2. The molecule has 0 aromatic heterocycles. The van der Waals surface area contributed by atoms with E-state index < -0.39 is 12.0 Å². The van der Waals surface area contributed by atoms with Gasteiger partial charge in [0.15, 0.2) is 0 Å². The van der Waals surface area contributed by atoms with Crippen molar-refractivity contribution in [3.05, 3.63) is 12.2 Å². The van der Waals surface area contributed by atoms with E-state index in [4.69, 9.17) is 10.5 Å². The first-order valence-corrected chi connectivity index (χ1v) is 16.0. The summed E-state index contributed by atoms with van der Waals surface area (Å²) < 4.78 is 5.84. The van der Waals surface area contributed by atoms with E-state index in [1.165, 1.54) is 44.9 Å². The largest absolute Gasteiger partial charge is 0.480 e. The first-order chi connectivity index (χ1) is 18.9. The van der Waals surface area contributed by atoms with Crippen molar-refractivity contribution in [1.29, 1.82) is 0 Å². The third-order valence-electron chi connectivity index (χ3n) is 7.08. The lowest BCUT2D eigenvalue weighted by Gasteiger charge is -2.18. The van der Waals surface area contributed by atoms with Crippen LogP contribution in [0.1, 0.15) is 155 Å². The number of ether oxygens (including phenoxy) is 1. The molecule has 0 bridgehead atoms. The molecule has 2 unspecified atom stereocenters. The van der Waals surface area contributed by atoms with Crippen LogP contribution in [-0.4, -0.2) is 41.6 Å². The molecule has 0 aliphatic heterocycles. The van der Waals surface area contributed by atoms with E-state index in [0.717, 1.165) is 64.2 Å². The standard InChI is InChI=1S/C32H60N2O5/c1-3-5-7-8-9-10-11-12-13-14-15-20-26-31(36)39-28(22-17-6-4-2)23-18-16-19-25-30(35)34-29(32(37)38)24-21-27-33/h9-10,28-29H,3-8,11-27,33H2,1-2H3,(H,34,35)(H,37,38)/b10-9-. The topological polar surface area (TPSA) is 119 Å². The van der Waals surface area contributed by atoms with Crippen molar-refractivity contribution in [2.75, 3.05) is 6.54 Å². The number of nitrogens with one attached hydrogen (secondary N) is 1. The Morgan fingerprint density at radius 3 is 1.90 bits per heavy atom. The van der Waals surface area contributed by atoms with Crippen LogP contribution in [0.5, 0.6) is 0 Å². The molecule has 0 heterocycles. The summed E-state index contributed by atoms with van der Waals surface area (Å²) in [4.78, 5) is 35.8. The van der Waals surface area contributed by atoms with Crippen LogP contribution in [0.4, 0.5) is 0 Å². The molecule has 7 nitrogen and oxygen atoms in total. The number of carboxylic acids is 1. The molecular weight excluding hydrogens is 492 g/mol. The maximum Gasteiger partial charge on any atom is 0.326 e. The van der Waals surface area contributed by atoms with Gasteiger partial charge in [-0.25, -0.2) is 4.79 Å². The van der Waals surface area contributed by atoms with Gasteiger partial charge in [-0.2, -0.15) is 0 Å². The average Bonchev–Trinajstić information content (AvgIpc) is 2.91. The van der Waals surface area contributed by atoms with Crippen molar-refractivity contribution in [3.63, 3.8) is 0 Å². The van der Waals surface area contributed by atoms with Crippen molar-refractivity contribution >= 4 is 17.8 Å². The van der Waals surface area contributed by atoms with Crippen molar-refractivity contribution in [2.45, 2.75) is 167 Å². The van der Waals surface area contributed by atoms with Crippen molar-refractivity contribution in [3.8, 4) is 0 Å². The van der Waals surface area contributed by atoms with Crippen LogP contribution >= 0.6 is 0 Å². The van der Waals surface area contributed by atoms with Gasteiger partial charge in [-0.15, -0.1) is 0 Å². The van der Waals surface area contributed by atoms with Crippen LogP contribution in [-0.2, 0) is 19.1 Å². The van der Waals surface area contributed by atoms with E-state index in [-0.39, 0.29) is 18.0 Å². The van der Waals surface area contributed by atoms with Crippen molar-refractivity contribution in [2.24, 2.45) is 5.73 Å². The molecule has 0 aromatic rings. The third kappa shape index (κ3) is 24.9. The molecule has 2 atom stereocenters. The van der Waals surface area contributed by atoms with Gasteiger partial charge < -0.3 is 20.9 Å². The highest BCUT2D eigenvalue weighted by atomic mass is 16.5. The maximum atomic E-state index is 12.4. The van der Waals surface area contributed by atoms with Crippen LogP contribution in [0, 0.1) is 0 Å². The van der Waals surface area contributed by atoms with Gasteiger partial charge in [0.2, 0.25) is 5.91 Å². The molecule has 7 heteroatoms. The van der Waals surface area contributed by atoms with Gasteiger partial charge in [0.05, 0.1) is 0 Å². The lowest BCUT2D eigenvalue weighted by Crippen LogP contribution is -2.40. The summed E-state index contributed by atoms with van der Waals surface area (Å²) in [5.74, 6) is -1.33. The summed E-state index contributed by atoms with van der Waals surface area (Å²) in [6.07, 6.45) is 25.6. The molecule has 0 aliphatic carbocycles. The highest BCUT2D eigenvalue weighted by molar-refractivity contribution is 5.83. The number of amides is 1. The van der Waals surface area contributed by atoms with Gasteiger partial charge in [0.1, 0.15) is 12.1 Å². The zero-order valence-corrected chi connectivity index (χ0v) is 25.2. The molecule has 4 N–H and O–H groups in total. The first-order valence-electron chi connectivity index (χ1n) is 16.0. The Kier molecular flexibility index (Phi) is 26.3. The lowest BCUT2D eigenvalue weighted by molar-refractivity contribution is -0.150. The van der Waals surface area contributed by atoms with E-state index in [9.17, 15) is 19.5 Å². The Morgan fingerprint density at radius 1 is 0.718 bits per heavy atom. The molecule has 0 aliphatic rings. The van der Waals surface area contributed by atoms with Crippen molar-refractivity contribution in [1.82, 2.24) is 5.32 Å². The number of carboxylic acid groups (broad SMARTS) is 1. The second-order valence-electron chi connectivity index (χ2n) is 10.9. The molecular formula is C32H60N2O5. The van der Waals surface area contributed by atoms with E-state index in [0.29, 0.717) is 38.6 Å². The summed E-state index contributed by atoms with van der Waals surface area (Å²) >= 11 is 0. The average molecular weight is 553 g/mol. The molecule has 0 saturated heterocycles. The van der Waals surface area contributed by atoms with Gasteiger partial charge in [0, 0.05) is 12.8 Å². The summed E-state index contributed by atoms with van der Waals surface area (Å²) in [7, 11) is 0. The van der Waals surface area contributed by atoms with Crippen molar-refractivity contribution < 1.29 is 24.2 Å². The number of nitrogens with two attached hydrogens (primary N) is 1. The van der Waals surface area contributed by atoms with Gasteiger partial charge in [0.25, 0.3) is 0 Å². The summed E-state index contributed by atoms with van der Waals surface area (Å²) in [6.45, 7) is 4.81. The molecule has 0 radical (unpaired) electrons. The number of hydrogen-bond donors (Lipinski definition) is 3. The summed E-state index contributed by atoms with van der Waals surface area (Å²) in [6, 6.07) is -0.870. The third-order valence-corrected chi connectivity index (χ3v) is 7.08. The predicted octanol–water partition coefficient (Wildman–Crippen LogP) is 7.60. The Labute approximate surface area is 239 Å². The van der Waals surface area contributed by atoms with Crippen LogP contribution in [0.3, 0.4) is 0 Å². The molecule has 228 valence electrons. The minimum Gasteiger partial charge on any atom is -0.480 e. The van der Waals surface area contributed by atoms with Gasteiger partial charge in [-0.1, -0.05) is 77.4 Å².